The van der Waals surface area contributed by atoms with Crippen LogP contribution in [0.3, 0.4) is 0 Å². The molecule has 0 saturated carbocycles. The molecule has 0 spiro atoms. The molecule has 2 N–H and O–H groups in total. The smallest absolute Gasteiger partial charge is 0.238 e. The van der Waals surface area contributed by atoms with Crippen LogP contribution in [-0.2, 0) is 4.79 Å². The first-order valence-corrected chi connectivity index (χ1v) is 7.89. The average Bonchev–Trinajstić information content (AvgIpc) is 2.68. The molecule has 0 aliphatic carbocycles. The highest BCUT2D eigenvalue weighted by Crippen LogP contribution is 2.20. The van der Waals surface area contributed by atoms with E-state index in [1.165, 1.54) is 6.42 Å². The SMILES string of the molecule is Cc1ccc(NC(=O)CN2CCCCCC2CO)cc1Cl. The van der Waals surface area contributed by atoms with Crippen molar-refractivity contribution in [2.75, 3.05) is 25.0 Å². The van der Waals surface area contributed by atoms with E-state index >= 15 is 0 Å². The Balaban J connectivity index is 1.94. The predicted octanol–water partition coefficient (Wildman–Crippen LogP) is 2.82. The van der Waals surface area contributed by atoms with Crippen molar-refractivity contribution >= 4 is 23.2 Å². The summed E-state index contributed by atoms with van der Waals surface area (Å²) in [7, 11) is 0. The van der Waals surface area contributed by atoms with Gasteiger partial charge >= 0.3 is 0 Å². The lowest BCUT2D eigenvalue weighted by Gasteiger charge is -2.27. The lowest BCUT2D eigenvalue weighted by Crippen LogP contribution is -2.42. The Labute approximate surface area is 131 Å². The Morgan fingerprint density at radius 3 is 2.95 bits per heavy atom. The Kier molecular flexibility index (Phi) is 6.03. The van der Waals surface area contributed by atoms with Gasteiger partial charge in [-0.3, -0.25) is 9.69 Å². The minimum Gasteiger partial charge on any atom is -0.395 e. The third kappa shape index (κ3) is 4.70. The molecule has 1 heterocycles. The number of aliphatic hydroxyl groups excluding tert-OH is 1. The lowest BCUT2D eigenvalue weighted by atomic mass is 10.1. The Bertz CT molecular complexity index is 493. The quantitative estimate of drug-likeness (QED) is 0.899. The fraction of sp³-hybridized carbons (Fsp3) is 0.562. The molecular formula is C16H23ClN2O2. The van der Waals surface area contributed by atoms with Gasteiger partial charge in [0.25, 0.3) is 0 Å². The number of nitrogens with zero attached hydrogens (tertiary/aromatic N) is 1. The lowest BCUT2D eigenvalue weighted by molar-refractivity contribution is -0.118. The van der Waals surface area contributed by atoms with E-state index < -0.39 is 0 Å². The zero-order chi connectivity index (χ0) is 15.2. The molecule has 2 rings (SSSR count). The molecule has 1 aliphatic rings. The van der Waals surface area contributed by atoms with Crippen LogP contribution in [0, 0.1) is 6.92 Å². The van der Waals surface area contributed by atoms with Gasteiger partial charge in [0.1, 0.15) is 0 Å². The van der Waals surface area contributed by atoms with Gasteiger partial charge in [-0.2, -0.15) is 0 Å². The predicted molar refractivity (Wildman–Crippen MR) is 85.7 cm³/mol. The number of carbonyl (C=O) groups is 1. The van der Waals surface area contributed by atoms with Gasteiger partial charge in [-0.15, -0.1) is 0 Å². The fourth-order valence-electron chi connectivity index (χ4n) is 2.71. The summed E-state index contributed by atoms with van der Waals surface area (Å²) in [6.45, 7) is 3.23. The maximum atomic E-state index is 12.2. The largest absolute Gasteiger partial charge is 0.395 e. The van der Waals surface area contributed by atoms with E-state index in [2.05, 4.69) is 10.2 Å². The summed E-state index contributed by atoms with van der Waals surface area (Å²) in [5.74, 6) is -0.0599. The molecule has 5 heteroatoms. The van der Waals surface area contributed by atoms with Crippen molar-refractivity contribution in [2.24, 2.45) is 0 Å². The second kappa shape index (κ2) is 7.78. The summed E-state index contributed by atoms with van der Waals surface area (Å²) < 4.78 is 0. The van der Waals surface area contributed by atoms with Crippen molar-refractivity contribution in [1.29, 1.82) is 0 Å². The summed E-state index contributed by atoms with van der Waals surface area (Å²) in [4.78, 5) is 14.3. The topological polar surface area (TPSA) is 52.6 Å². The average molecular weight is 311 g/mol. The van der Waals surface area contributed by atoms with Gasteiger partial charge in [0.05, 0.1) is 13.2 Å². The zero-order valence-electron chi connectivity index (χ0n) is 12.4. The van der Waals surface area contributed by atoms with Crippen molar-refractivity contribution in [1.82, 2.24) is 4.90 Å². The molecule has 1 fully saturated rings. The summed E-state index contributed by atoms with van der Waals surface area (Å²) >= 11 is 6.06. The number of hydrogen-bond acceptors (Lipinski definition) is 3. The van der Waals surface area contributed by atoms with Crippen LogP contribution in [0.5, 0.6) is 0 Å². The summed E-state index contributed by atoms with van der Waals surface area (Å²) in [5.41, 5.74) is 1.70. The van der Waals surface area contributed by atoms with Crippen molar-refractivity contribution in [3.05, 3.63) is 28.8 Å². The van der Waals surface area contributed by atoms with Gasteiger partial charge in [0.2, 0.25) is 5.91 Å². The van der Waals surface area contributed by atoms with Crippen LogP contribution in [-0.4, -0.2) is 41.7 Å². The Morgan fingerprint density at radius 1 is 1.43 bits per heavy atom. The first-order chi connectivity index (χ1) is 10.1. The van der Waals surface area contributed by atoms with Gasteiger partial charge in [-0.25, -0.2) is 0 Å². The second-order valence-corrected chi connectivity index (χ2v) is 6.08. The van der Waals surface area contributed by atoms with E-state index in [0.717, 1.165) is 31.4 Å². The molecule has 1 aliphatic heterocycles. The Hall–Kier alpha value is -1.10. The molecule has 1 atom stereocenters. The highest BCUT2D eigenvalue weighted by atomic mass is 35.5. The van der Waals surface area contributed by atoms with E-state index in [1.54, 1.807) is 6.07 Å². The summed E-state index contributed by atoms with van der Waals surface area (Å²) in [6, 6.07) is 5.60. The number of carbonyl (C=O) groups excluding carboxylic acids is 1. The van der Waals surface area contributed by atoms with Crippen LogP contribution < -0.4 is 5.32 Å². The first-order valence-electron chi connectivity index (χ1n) is 7.51. The standard InChI is InChI=1S/C16H23ClN2O2/c1-12-6-7-13(9-15(12)17)18-16(21)10-19-8-4-2-3-5-14(19)11-20/h6-7,9,14,20H,2-5,8,10-11H2,1H3,(H,18,21). The number of anilines is 1. The van der Waals surface area contributed by atoms with Gasteiger partial charge in [0.15, 0.2) is 0 Å². The highest BCUT2D eigenvalue weighted by Gasteiger charge is 2.22. The molecule has 1 aromatic carbocycles. The molecule has 4 nitrogen and oxygen atoms in total. The third-order valence-corrected chi connectivity index (χ3v) is 4.42. The van der Waals surface area contributed by atoms with E-state index in [9.17, 15) is 9.90 Å². The molecule has 1 saturated heterocycles. The number of halogens is 1. The molecular weight excluding hydrogens is 288 g/mol. The van der Waals surface area contributed by atoms with Crippen molar-refractivity contribution < 1.29 is 9.90 Å². The first kappa shape index (κ1) is 16.3. The van der Waals surface area contributed by atoms with Crippen molar-refractivity contribution in [2.45, 2.75) is 38.6 Å². The van der Waals surface area contributed by atoms with Crippen LogP contribution >= 0.6 is 11.6 Å². The normalized spacial score (nSPS) is 20.0. The minimum atomic E-state index is -0.0599. The van der Waals surface area contributed by atoms with Gasteiger partial charge in [-0.1, -0.05) is 30.5 Å². The minimum absolute atomic E-state index is 0.0599. The van der Waals surface area contributed by atoms with Crippen LogP contribution in [0.15, 0.2) is 18.2 Å². The molecule has 1 amide bonds. The van der Waals surface area contributed by atoms with E-state index in [-0.39, 0.29) is 18.6 Å². The number of aliphatic hydroxyl groups is 1. The van der Waals surface area contributed by atoms with Gasteiger partial charge in [0, 0.05) is 16.8 Å². The van der Waals surface area contributed by atoms with Crippen LogP contribution in [0.1, 0.15) is 31.2 Å². The number of rotatable bonds is 4. The van der Waals surface area contributed by atoms with E-state index in [4.69, 9.17) is 11.6 Å². The number of nitrogens with one attached hydrogen (secondary N) is 1. The van der Waals surface area contributed by atoms with Crippen LogP contribution in [0.4, 0.5) is 5.69 Å². The van der Waals surface area contributed by atoms with Crippen molar-refractivity contribution in [3.63, 3.8) is 0 Å². The third-order valence-electron chi connectivity index (χ3n) is 4.01. The van der Waals surface area contributed by atoms with Gasteiger partial charge in [-0.05, 0) is 44.0 Å². The Morgan fingerprint density at radius 2 is 2.24 bits per heavy atom. The maximum Gasteiger partial charge on any atom is 0.238 e. The molecule has 1 unspecified atom stereocenters. The van der Waals surface area contributed by atoms with E-state index in [0.29, 0.717) is 17.3 Å². The van der Waals surface area contributed by atoms with E-state index in [1.807, 2.05) is 19.1 Å². The fourth-order valence-corrected chi connectivity index (χ4v) is 2.89. The summed E-state index contributed by atoms with van der Waals surface area (Å²) in [5, 5.41) is 13.0. The zero-order valence-corrected chi connectivity index (χ0v) is 13.2. The molecule has 0 aromatic heterocycles. The molecule has 0 radical (unpaired) electrons. The molecule has 21 heavy (non-hydrogen) atoms. The monoisotopic (exact) mass is 310 g/mol. The van der Waals surface area contributed by atoms with Crippen molar-refractivity contribution in [3.8, 4) is 0 Å². The number of amides is 1. The number of aryl methyl sites for hydroxylation is 1. The van der Waals surface area contributed by atoms with Crippen LogP contribution in [0.25, 0.3) is 0 Å². The van der Waals surface area contributed by atoms with Gasteiger partial charge < -0.3 is 10.4 Å². The second-order valence-electron chi connectivity index (χ2n) is 5.67. The highest BCUT2D eigenvalue weighted by molar-refractivity contribution is 6.31. The molecule has 0 bridgehead atoms. The molecule has 1 aromatic rings. The number of benzene rings is 1. The summed E-state index contributed by atoms with van der Waals surface area (Å²) in [6.07, 6.45) is 4.33. The number of likely N-dealkylation sites (tertiary alicyclic amines) is 1. The van der Waals surface area contributed by atoms with Crippen LogP contribution in [0.2, 0.25) is 5.02 Å². The number of hydrogen-bond donors (Lipinski definition) is 2. The molecule has 116 valence electrons. The maximum absolute atomic E-state index is 12.2.